The summed E-state index contributed by atoms with van der Waals surface area (Å²) in [6, 6.07) is 13.5. The number of aromatic amines is 1. The van der Waals surface area contributed by atoms with E-state index < -0.39 is 0 Å². The molecule has 8 heteroatoms. The van der Waals surface area contributed by atoms with Gasteiger partial charge in [0.2, 0.25) is 0 Å². The van der Waals surface area contributed by atoms with Crippen LogP contribution in [0.1, 0.15) is 22.5 Å². The molecule has 0 aliphatic carbocycles. The van der Waals surface area contributed by atoms with E-state index in [4.69, 9.17) is 9.47 Å². The van der Waals surface area contributed by atoms with E-state index in [9.17, 15) is 4.79 Å². The number of fused-ring (bicyclic) bond motifs is 2. The number of ether oxygens (including phenoxy) is 2. The van der Waals surface area contributed by atoms with Crippen LogP contribution in [0.15, 0.2) is 54.9 Å². The molecule has 2 N–H and O–H groups in total. The average molecular weight is 441 g/mol. The van der Waals surface area contributed by atoms with Crippen molar-refractivity contribution in [2.45, 2.75) is 13.0 Å². The second kappa shape index (κ2) is 8.22. The van der Waals surface area contributed by atoms with Crippen molar-refractivity contribution >= 4 is 22.5 Å². The van der Waals surface area contributed by atoms with E-state index in [0.29, 0.717) is 36.1 Å². The first-order valence-corrected chi connectivity index (χ1v) is 11.1. The van der Waals surface area contributed by atoms with Gasteiger partial charge in [0.05, 0.1) is 5.52 Å². The van der Waals surface area contributed by atoms with Crippen molar-refractivity contribution in [2.24, 2.45) is 0 Å². The van der Waals surface area contributed by atoms with Gasteiger partial charge in [0.25, 0.3) is 5.91 Å². The molecule has 4 heterocycles. The largest absolute Gasteiger partial charge is 0.486 e. The van der Waals surface area contributed by atoms with Crippen LogP contribution < -0.4 is 14.8 Å². The first-order valence-electron chi connectivity index (χ1n) is 11.1. The number of benzene rings is 2. The summed E-state index contributed by atoms with van der Waals surface area (Å²) in [5, 5.41) is 10.9. The normalized spacial score (nSPS) is 15.3. The van der Waals surface area contributed by atoms with Crippen molar-refractivity contribution in [3.63, 3.8) is 0 Å². The number of nitrogens with zero attached hydrogens (tertiary/aromatic N) is 3. The van der Waals surface area contributed by atoms with Gasteiger partial charge in [-0.05, 0) is 61.0 Å². The molecular weight excluding hydrogens is 418 g/mol. The first-order chi connectivity index (χ1) is 16.2. The van der Waals surface area contributed by atoms with Crippen LogP contribution in [-0.2, 0) is 6.54 Å². The van der Waals surface area contributed by atoms with E-state index >= 15 is 0 Å². The van der Waals surface area contributed by atoms with Gasteiger partial charge in [-0.25, -0.2) is 0 Å². The lowest BCUT2D eigenvalue weighted by molar-refractivity contribution is 0.102. The summed E-state index contributed by atoms with van der Waals surface area (Å²) in [5.74, 6) is 1.01. The van der Waals surface area contributed by atoms with Crippen LogP contribution >= 0.6 is 0 Å². The molecule has 0 saturated carbocycles. The maximum absolute atomic E-state index is 13.0. The molecule has 6 rings (SSSR count). The van der Waals surface area contributed by atoms with Gasteiger partial charge in [-0.15, -0.1) is 0 Å². The average Bonchev–Trinajstić information content (AvgIpc) is 3.25. The molecular formula is C25H23N5O3. The molecule has 4 aromatic rings. The Morgan fingerprint density at radius 3 is 2.73 bits per heavy atom. The van der Waals surface area contributed by atoms with E-state index in [-0.39, 0.29) is 5.91 Å². The molecule has 2 aromatic carbocycles. The third-order valence-corrected chi connectivity index (χ3v) is 6.06. The first kappa shape index (κ1) is 19.8. The number of hydrogen-bond donors (Lipinski definition) is 2. The predicted octanol–water partition coefficient (Wildman–Crippen LogP) is 3.85. The number of carbonyl (C=O) groups excluding carboxylic acids is 1. The SMILES string of the molecule is O=C(Nc1ccc2c(c1)OCCO2)c1n[nH]c2ccc(-c3cncc(CN4CCC4)c3)cc12. The summed E-state index contributed by atoms with van der Waals surface area (Å²) in [5.41, 5.74) is 4.97. The molecule has 2 aliphatic rings. The van der Waals surface area contributed by atoms with Crippen molar-refractivity contribution in [1.29, 1.82) is 0 Å². The number of anilines is 1. The molecule has 2 aliphatic heterocycles. The number of rotatable bonds is 5. The number of pyridine rings is 1. The quantitative estimate of drug-likeness (QED) is 0.489. The standard InChI is InChI=1S/C25H23N5O3/c31-25(27-19-3-5-22-23(12-19)33-9-8-32-22)24-20-11-17(2-4-21(20)28-29-24)18-10-16(13-26-14-18)15-30-6-1-7-30/h2-5,10-14H,1,6-9,15H2,(H,27,31)(H,28,29). The van der Waals surface area contributed by atoms with Crippen molar-refractivity contribution in [3.05, 3.63) is 66.1 Å². The summed E-state index contributed by atoms with van der Waals surface area (Å²) in [7, 11) is 0. The van der Waals surface area contributed by atoms with Crippen molar-refractivity contribution in [2.75, 3.05) is 31.6 Å². The van der Waals surface area contributed by atoms with Crippen molar-refractivity contribution < 1.29 is 14.3 Å². The van der Waals surface area contributed by atoms with Gasteiger partial charge in [0, 0.05) is 41.6 Å². The minimum Gasteiger partial charge on any atom is -0.486 e. The number of aromatic nitrogens is 3. The van der Waals surface area contributed by atoms with Gasteiger partial charge in [0.15, 0.2) is 17.2 Å². The summed E-state index contributed by atoms with van der Waals surface area (Å²) >= 11 is 0. The Hall–Kier alpha value is -3.91. The van der Waals surface area contributed by atoms with Crippen LogP contribution in [0.4, 0.5) is 5.69 Å². The zero-order chi connectivity index (χ0) is 22.2. The van der Waals surface area contributed by atoms with Crippen LogP contribution in [0.3, 0.4) is 0 Å². The molecule has 2 aromatic heterocycles. The molecule has 1 amide bonds. The van der Waals surface area contributed by atoms with Gasteiger partial charge in [-0.1, -0.05) is 6.07 Å². The molecule has 1 fully saturated rings. The van der Waals surface area contributed by atoms with E-state index in [1.807, 2.05) is 30.6 Å². The Labute approximate surface area is 190 Å². The van der Waals surface area contributed by atoms with Crippen molar-refractivity contribution in [3.8, 4) is 22.6 Å². The van der Waals surface area contributed by atoms with Gasteiger partial charge in [0.1, 0.15) is 13.2 Å². The van der Waals surface area contributed by atoms with Gasteiger partial charge < -0.3 is 14.8 Å². The highest BCUT2D eigenvalue weighted by molar-refractivity contribution is 6.11. The van der Waals surface area contributed by atoms with E-state index in [2.05, 4.69) is 31.5 Å². The monoisotopic (exact) mass is 441 g/mol. The van der Waals surface area contributed by atoms with Gasteiger partial charge in [-0.2, -0.15) is 5.10 Å². The smallest absolute Gasteiger partial charge is 0.276 e. The highest BCUT2D eigenvalue weighted by Crippen LogP contribution is 2.33. The van der Waals surface area contributed by atoms with Crippen LogP contribution in [0.2, 0.25) is 0 Å². The summed E-state index contributed by atoms with van der Waals surface area (Å²) in [4.78, 5) is 19.9. The maximum Gasteiger partial charge on any atom is 0.276 e. The fraction of sp³-hybridized carbons (Fsp3) is 0.240. The second-order valence-corrected chi connectivity index (χ2v) is 8.36. The molecule has 0 spiro atoms. The molecule has 0 radical (unpaired) electrons. The third-order valence-electron chi connectivity index (χ3n) is 6.06. The molecule has 166 valence electrons. The topological polar surface area (TPSA) is 92.4 Å². The molecule has 1 saturated heterocycles. The fourth-order valence-electron chi connectivity index (χ4n) is 4.21. The number of likely N-dealkylation sites (tertiary alicyclic amines) is 1. The number of hydrogen-bond acceptors (Lipinski definition) is 6. The Morgan fingerprint density at radius 2 is 1.88 bits per heavy atom. The maximum atomic E-state index is 13.0. The third kappa shape index (κ3) is 3.89. The molecule has 0 atom stereocenters. The Bertz CT molecular complexity index is 1350. The summed E-state index contributed by atoms with van der Waals surface area (Å²) < 4.78 is 11.2. The fourth-order valence-corrected chi connectivity index (χ4v) is 4.21. The second-order valence-electron chi connectivity index (χ2n) is 8.36. The Morgan fingerprint density at radius 1 is 1.00 bits per heavy atom. The van der Waals surface area contributed by atoms with Crippen LogP contribution in [0.5, 0.6) is 11.5 Å². The van der Waals surface area contributed by atoms with Gasteiger partial charge >= 0.3 is 0 Å². The van der Waals surface area contributed by atoms with Crippen LogP contribution in [0, 0.1) is 0 Å². The number of nitrogens with one attached hydrogen (secondary N) is 2. The lowest BCUT2D eigenvalue weighted by atomic mass is 10.0. The Kier molecular flexibility index (Phi) is 4.92. The minimum atomic E-state index is -0.292. The highest BCUT2D eigenvalue weighted by atomic mass is 16.6. The highest BCUT2D eigenvalue weighted by Gasteiger charge is 2.18. The predicted molar refractivity (Wildman–Crippen MR) is 125 cm³/mol. The van der Waals surface area contributed by atoms with E-state index in [0.717, 1.165) is 41.7 Å². The van der Waals surface area contributed by atoms with E-state index in [1.165, 1.54) is 12.0 Å². The number of carbonyl (C=O) groups is 1. The van der Waals surface area contributed by atoms with Crippen LogP contribution in [-0.4, -0.2) is 52.3 Å². The number of amides is 1. The zero-order valence-electron chi connectivity index (χ0n) is 18.0. The minimum absolute atomic E-state index is 0.292. The van der Waals surface area contributed by atoms with Crippen LogP contribution in [0.25, 0.3) is 22.0 Å². The van der Waals surface area contributed by atoms with Gasteiger partial charge in [-0.3, -0.25) is 19.8 Å². The molecule has 33 heavy (non-hydrogen) atoms. The molecule has 0 bridgehead atoms. The zero-order valence-corrected chi connectivity index (χ0v) is 18.0. The molecule has 0 unspecified atom stereocenters. The van der Waals surface area contributed by atoms with E-state index in [1.54, 1.807) is 18.2 Å². The Balaban J connectivity index is 1.27. The lowest BCUT2D eigenvalue weighted by Gasteiger charge is -2.30. The molecule has 8 nitrogen and oxygen atoms in total. The number of H-pyrrole nitrogens is 1. The lowest BCUT2D eigenvalue weighted by Crippen LogP contribution is -2.36. The summed E-state index contributed by atoms with van der Waals surface area (Å²) in [6.07, 6.45) is 5.04. The van der Waals surface area contributed by atoms with Crippen molar-refractivity contribution in [1.82, 2.24) is 20.1 Å². The summed E-state index contributed by atoms with van der Waals surface area (Å²) in [6.45, 7) is 4.22.